The number of alkyl carbamates (subject to hydrolysis) is 1. The Kier molecular flexibility index (Phi) is 3.34. The Morgan fingerprint density at radius 3 is 2.28 bits per heavy atom. The molecule has 4 heteroatoms. The van der Waals surface area contributed by atoms with E-state index in [1.807, 2.05) is 20.8 Å². The van der Waals surface area contributed by atoms with Gasteiger partial charge >= 0.3 is 6.09 Å². The van der Waals surface area contributed by atoms with Crippen LogP contribution in [0.4, 0.5) is 4.79 Å². The number of carbonyl (C=O) groups is 1. The average molecular weight is 255 g/mol. The van der Waals surface area contributed by atoms with Crippen molar-refractivity contribution in [2.24, 2.45) is 5.92 Å². The molecule has 2 bridgehead atoms. The zero-order valence-electron chi connectivity index (χ0n) is 12.1. The number of hydrogen-bond acceptors (Lipinski definition) is 3. The number of nitrogens with one attached hydrogen (secondary N) is 1. The summed E-state index contributed by atoms with van der Waals surface area (Å²) in [5, 5.41) is 3.00. The van der Waals surface area contributed by atoms with Crippen molar-refractivity contribution in [1.82, 2.24) is 5.32 Å². The highest BCUT2D eigenvalue weighted by Crippen LogP contribution is 2.43. The van der Waals surface area contributed by atoms with E-state index in [1.54, 1.807) is 0 Å². The van der Waals surface area contributed by atoms with Gasteiger partial charge < -0.3 is 14.8 Å². The normalized spacial score (nSPS) is 31.5. The highest BCUT2D eigenvalue weighted by molar-refractivity contribution is 5.68. The maximum atomic E-state index is 11.9. The van der Waals surface area contributed by atoms with E-state index in [4.69, 9.17) is 9.47 Å². The molecule has 0 aromatic carbocycles. The van der Waals surface area contributed by atoms with Gasteiger partial charge in [0, 0.05) is 17.9 Å². The number of rotatable bonds is 2. The Morgan fingerprint density at radius 1 is 1.22 bits per heavy atom. The molecule has 0 aromatic rings. The third kappa shape index (κ3) is 2.97. The van der Waals surface area contributed by atoms with Crippen LogP contribution < -0.4 is 5.32 Å². The van der Waals surface area contributed by atoms with E-state index in [2.05, 4.69) is 19.2 Å². The van der Waals surface area contributed by atoms with E-state index in [1.165, 1.54) is 0 Å². The molecule has 3 rings (SSSR count). The van der Waals surface area contributed by atoms with E-state index in [0.717, 1.165) is 19.3 Å². The molecular weight excluding hydrogens is 230 g/mol. The third-order valence-corrected chi connectivity index (χ3v) is 3.86. The minimum Gasteiger partial charge on any atom is -0.444 e. The lowest BCUT2D eigenvalue weighted by atomic mass is 9.71. The molecule has 0 spiro atoms. The molecule has 18 heavy (non-hydrogen) atoms. The lowest BCUT2D eigenvalue weighted by Crippen LogP contribution is -2.60. The van der Waals surface area contributed by atoms with Crippen LogP contribution in [0.3, 0.4) is 0 Å². The lowest BCUT2D eigenvalue weighted by molar-refractivity contribution is -0.198. The fourth-order valence-electron chi connectivity index (χ4n) is 2.98. The summed E-state index contributed by atoms with van der Waals surface area (Å²) in [6, 6.07) is 0. The molecular formula is C14H25NO3. The van der Waals surface area contributed by atoms with Crippen molar-refractivity contribution in [1.29, 1.82) is 0 Å². The minimum atomic E-state index is -0.454. The van der Waals surface area contributed by atoms with Gasteiger partial charge in [-0.15, -0.1) is 0 Å². The maximum Gasteiger partial charge on any atom is 0.408 e. The Morgan fingerprint density at radius 2 is 1.83 bits per heavy atom. The van der Waals surface area contributed by atoms with Crippen molar-refractivity contribution in [3.63, 3.8) is 0 Å². The molecule has 2 heterocycles. The van der Waals surface area contributed by atoms with Crippen molar-refractivity contribution in [2.45, 2.75) is 77.2 Å². The quantitative estimate of drug-likeness (QED) is 0.825. The van der Waals surface area contributed by atoms with Gasteiger partial charge in [-0.3, -0.25) is 0 Å². The smallest absolute Gasteiger partial charge is 0.408 e. The van der Waals surface area contributed by atoms with Gasteiger partial charge in [-0.05, 0) is 47.5 Å². The van der Waals surface area contributed by atoms with E-state index in [-0.39, 0.29) is 11.6 Å². The molecule has 0 radical (unpaired) electrons. The number of carbonyl (C=O) groups excluding carboxylic acids is 1. The molecule has 3 fully saturated rings. The minimum absolute atomic E-state index is 0.279. The molecule has 2 aliphatic heterocycles. The molecule has 104 valence electrons. The van der Waals surface area contributed by atoms with E-state index >= 15 is 0 Å². The SMILES string of the molecule is CC(C)(C)OC(=O)NC(C)(C)C1CCC2CC1O2. The topological polar surface area (TPSA) is 47.6 Å². The second kappa shape index (κ2) is 4.41. The van der Waals surface area contributed by atoms with Gasteiger partial charge in [0.2, 0.25) is 0 Å². The molecule has 1 saturated carbocycles. The standard InChI is InChI=1S/C14H25NO3/c1-13(2,3)18-12(16)15-14(4,5)10-7-6-9-8-11(10)17-9/h9-11H,6-8H2,1-5H3,(H,15,16). The van der Waals surface area contributed by atoms with Crippen LogP contribution in [-0.4, -0.2) is 29.4 Å². The van der Waals surface area contributed by atoms with Crippen LogP contribution in [0.5, 0.6) is 0 Å². The first-order valence-corrected chi connectivity index (χ1v) is 6.84. The van der Waals surface area contributed by atoms with Crippen molar-refractivity contribution in [3.05, 3.63) is 0 Å². The Balaban J connectivity index is 1.92. The van der Waals surface area contributed by atoms with Crippen LogP contribution in [0, 0.1) is 5.92 Å². The average Bonchev–Trinajstić information content (AvgIpc) is 2.12. The van der Waals surface area contributed by atoms with E-state index in [0.29, 0.717) is 18.1 Å². The zero-order chi connectivity index (χ0) is 13.6. The van der Waals surface area contributed by atoms with Gasteiger partial charge in [-0.25, -0.2) is 4.79 Å². The molecule has 1 N–H and O–H groups in total. The van der Waals surface area contributed by atoms with Gasteiger partial charge in [-0.1, -0.05) is 0 Å². The molecule has 4 nitrogen and oxygen atoms in total. The predicted molar refractivity (Wildman–Crippen MR) is 69.5 cm³/mol. The van der Waals surface area contributed by atoms with Gasteiger partial charge in [0.05, 0.1) is 12.2 Å². The summed E-state index contributed by atoms with van der Waals surface area (Å²) >= 11 is 0. The Hall–Kier alpha value is -0.770. The van der Waals surface area contributed by atoms with Crippen molar-refractivity contribution < 1.29 is 14.3 Å². The number of ether oxygens (including phenoxy) is 2. The predicted octanol–water partition coefficient (Wildman–Crippen LogP) is 2.86. The van der Waals surface area contributed by atoms with Crippen LogP contribution >= 0.6 is 0 Å². The first kappa shape index (κ1) is 13.7. The van der Waals surface area contributed by atoms with Crippen LogP contribution in [0.25, 0.3) is 0 Å². The zero-order valence-corrected chi connectivity index (χ0v) is 12.1. The summed E-state index contributed by atoms with van der Waals surface area (Å²) in [5.41, 5.74) is -0.733. The lowest BCUT2D eigenvalue weighted by Gasteiger charge is -2.52. The Labute approximate surface area is 109 Å². The van der Waals surface area contributed by atoms with Crippen molar-refractivity contribution in [3.8, 4) is 0 Å². The number of amides is 1. The van der Waals surface area contributed by atoms with E-state index in [9.17, 15) is 4.79 Å². The molecule has 3 atom stereocenters. The first-order chi connectivity index (χ1) is 8.17. The summed E-state index contributed by atoms with van der Waals surface area (Å²) in [5.74, 6) is 0.384. The van der Waals surface area contributed by atoms with Crippen LogP contribution in [0.15, 0.2) is 0 Å². The summed E-state index contributed by atoms with van der Waals surface area (Å²) in [7, 11) is 0. The number of fused-ring (bicyclic) bond motifs is 2. The first-order valence-electron chi connectivity index (χ1n) is 6.84. The van der Waals surface area contributed by atoms with Crippen LogP contribution in [-0.2, 0) is 9.47 Å². The molecule has 0 aromatic heterocycles. The second-order valence-corrected chi connectivity index (χ2v) is 7.06. The van der Waals surface area contributed by atoms with Crippen LogP contribution in [0.2, 0.25) is 0 Å². The molecule has 3 unspecified atom stereocenters. The summed E-state index contributed by atoms with van der Waals surface area (Å²) in [4.78, 5) is 11.9. The van der Waals surface area contributed by atoms with Gasteiger partial charge in [0.25, 0.3) is 0 Å². The molecule has 1 amide bonds. The van der Waals surface area contributed by atoms with Gasteiger partial charge in [0.1, 0.15) is 5.60 Å². The van der Waals surface area contributed by atoms with E-state index < -0.39 is 5.60 Å². The summed E-state index contributed by atoms with van der Waals surface area (Å²) in [6.07, 6.45) is 3.83. The molecule has 2 saturated heterocycles. The second-order valence-electron chi connectivity index (χ2n) is 7.06. The highest BCUT2D eigenvalue weighted by Gasteiger charge is 2.48. The van der Waals surface area contributed by atoms with Gasteiger partial charge in [-0.2, -0.15) is 0 Å². The van der Waals surface area contributed by atoms with Crippen molar-refractivity contribution in [2.75, 3.05) is 0 Å². The third-order valence-electron chi connectivity index (χ3n) is 3.86. The Bertz CT molecular complexity index is 324. The highest BCUT2D eigenvalue weighted by atomic mass is 16.6. The van der Waals surface area contributed by atoms with Crippen molar-refractivity contribution >= 4 is 6.09 Å². The fourth-order valence-corrected chi connectivity index (χ4v) is 2.98. The molecule has 1 aliphatic carbocycles. The van der Waals surface area contributed by atoms with Crippen LogP contribution in [0.1, 0.15) is 53.9 Å². The monoisotopic (exact) mass is 255 g/mol. The summed E-state index contributed by atoms with van der Waals surface area (Å²) in [6.45, 7) is 9.74. The maximum absolute atomic E-state index is 11.9. The fraction of sp³-hybridized carbons (Fsp3) is 0.929. The number of hydrogen-bond donors (Lipinski definition) is 1. The summed E-state index contributed by atoms with van der Waals surface area (Å²) < 4.78 is 11.1. The van der Waals surface area contributed by atoms with Gasteiger partial charge in [0.15, 0.2) is 0 Å². The largest absolute Gasteiger partial charge is 0.444 e. The molecule has 3 aliphatic rings.